The van der Waals surface area contributed by atoms with E-state index in [9.17, 15) is 0 Å². The maximum Gasteiger partial charge on any atom is 0.143 e. The Labute approximate surface area is 76.4 Å². The highest BCUT2D eigenvalue weighted by Gasteiger charge is 2.05. The highest BCUT2D eigenvalue weighted by atomic mass is 35.5. The minimum absolute atomic E-state index is 0.413. The molecule has 0 unspecified atom stereocenters. The number of methoxy groups -OCH3 is 1. The molecule has 12 heavy (non-hydrogen) atoms. The molecule has 3 N–H and O–H groups in total. The summed E-state index contributed by atoms with van der Waals surface area (Å²) in [5.41, 5.74) is 4.23. The second-order valence-electron chi connectivity index (χ2n) is 2.27. The van der Waals surface area contributed by atoms with Gasteiger partial charge in [-0.1, -0.05) is 12.1 Å². The van der Waals surface area contributed by atoms with Gasteiger partial charge >= 0.3 is 0 Å². The molecule has 1 rings (SSSR count). The van der Waals surface area contributed by atoms with Crippen molar-refractivity contribution in [3.8, 4) is 5.75 Å². The Morgan fingerprint density at radius 3 is 2.83 bits per heavy atom. The van der Waals surface area contributed by atoms with E-state index < -0.39 is 0 Å². The largest absolute Gasteiger partial charge is 0.495 e. The second-order valence-corrected chi connectivity index (χ2v) is 2.54. The fourth-order valence-corrected chi connectivity index (χ4v) is 1.24. The van der Waals surface area contributed by atoms with Crippen molar-refractivity contribution in [2.45, 2.75) is 5.88 Å². The zero-order valence-corrected chi connectivity index (χ0v) is 7.56. The fourth-order valence-electron chi connectivity index (χ4n) is 1.02. The Balaban J connectivity index is 3.13. The third-order valence-electron chi connectivity index (χ3n) is 1.62. The van der Waals surface area contributed by atoms with Crippen molar-refractivity contribution in [2.24, 2.45) is 5.84 Å². The summed E-state index contributed by atoms with van der Waals surface area (Å²) in [6.45, 7) is 0. The third-order valence-corrected chi connectivity index (χ3v) is 1.91. The quantitative estimate of drug-likeness (QED) is 0.429. The van der Waals surface area contributed by atoms with Crippen LogP contribution in [0, 0.1) is 0 Å². The molecule has 0 aromatic heterocycles. The van der Waals surface area contributed by atoms with Crippen LogP contribution in [0.2, 0.25) is 0 Å². The number of nitrogens with two attached hydrogens (primary N) is 1. The van der Waals surface area contributed by atoms with Crippen LogP contribution in [-0.4, -0.2) is 7.11 Å². The van der Waals surface area contributed by atoms with E-state index in [-0.39, 0.29) is 0 Å². The molecule has 0 radical (unpaired) electrons. The molecule has 0 aliphatic heterocycles. The van der Waals surface area contributed by atoms with E-state index in [1.165, 1.54) is 0 Å². The lowest BCUT2D eigenvalue weighted by Crippen LogP contribution is -2.10. The third kappa shape index (κ3) is 1.62. The van der Waals surface area contributed by atoms with E-state index in [0.29, 0.717) is 11.6 Å². The number of halogens is 1. The van der Waals surface area contributed by atoms with Crippen LogP contribution in [0.25, 0.3) is 0 Å². The Morgan fingerprint density at radius 1 is 1.58 bits per heavy atom. The average molecular weight is 187 g/mol. The molecule has 0 fully saturated rings. The number of nitrogens with one attached hydrogen (secondary N) is 1. The molecule has 0 bridgehead atoms. The van der Waals surface area contributed by atoms with Gasteiger partial charge in [-0.2, -0.15) is 0 Å². The van der Waals surface area contributed by atoms with Crippen LogP contribution >= 0.6 is 11.6 Å². The molecule has 0 atom stereocenters. The molecular weight excluding hydrogens is 176 g/mol. The molecule has 0 saturated heterocycles. The van der Waals surface area contributed by atoms with Gasteiger partial charge in [-0.15, -0.1) is 11.6 Å². The average Bonchev–Trinajstić information content (AvgIpc) is 2.16. The zero-order valence-electron chi connectivity index (χ0n) is 6.80. The van der Waals surface area contributed by atoms with Gasteiger partial charge in [0.15, 0.2) is 0 Å². The minimum atomic E-state index is 0.413. The fraction of sp³-hybridized carbons (Fsp3) is 0.250. The molecule has 0 amide bonds. The number of anilines is 1. The summed E-state index contributed by atoms with van der Waals surface area (Å²) in [5.74, 6) is 6.43. The number of hydrogen-bond acceptors (Lipinski definition) is 3. The van der Waals surface area contributed by atoms with Crippen molar-refractivity contribution >= 4 is 17.3 Å². The van der Waals surface area contributed by atoms with Crippen LogP contribution in [0.1, 0.15) is 5.56 Å². The Kier molecular flexibility index (Phi) is 3.19. The van der Waals surface area contributed by atoms with Crippen LogP contribution in [0.15, 0.2) is 18.2 Å². The maximum absolute atomic E-state index is 5.69. The van der Waals surface area contributed by atoms with Gasteiger partial charge in [0.25, 0.3) is 0 Å². The summed E-state index contributed by atoms with van der Waals surface area (Å²) in [4.78, 5) is 0. The van der Waals surface area contributed by atoms with Crippen molar-refractivity contribution in [2.75, 3.05) is 12.5 Å². The van der Waals surface area contributed by atoms with E-state index in [1.807, 2.05) is 18.2 Å². The molecule has 0 heterocycles. The molecular formula is C8H11ClN2O. The van der Waals surface area contributed by atoms with Gasteiger partial charge in [-0.05, 0) is 11.6 Å². The number of rotatable bonds is 3. The van der Waals surface area contributed by atoms with Crippen LogP contribution in [-0.2, 0) is 5.88 Å². The molecule has 1 aromatic carbocycles. The van der Waals surface area contributed by atoms with Gasteiger partial charge < -0.3 is 10.2 Å². The number of hydrazine groups is 1. The summed E-state index contributed by atoms with van der Waals surface area (Å²) in [7, 11) is 1.59. The number of ether oxygens (including phenoxy) is 1. The van der Waals surface area contributed by atoms with Gasteiger partial charge in [0.1, 0.15) is 5.75 Å². The molecule has 0 saturated carbocycles. The first-order valence-electron chi connectivity index (χ1n) is 3.52. The molecule has 0 aliphatic rings. The van der Waals surface area contributed by atoms with Gasteiger partial charge in [-0.25, -0.2) is 0 Å². The Hall–Kier alpha value is -0.930. The van der Waals surface area contributed by atoms with E-state index in [0.717, 1.165) is 11.3 Å². The smallest absolute Gasteiger partial charge is 0.143 e. The summed E-state index contributed by atoms with van der Waals surface area (Å²) in [6, 6.07) is 5.59. The van der Waals surface area contributed by atoms with Gasteiger partial charge in [0.2, 0.25) is 0 Å². The lowest BCUT2D eigenvalue weighted by atomic mass is 10.2. The van der Waals surface area contributed by atoms with E-state index >= 15 is 0 Å². The molecule has 0 spiro atoms. The number of alkyl halides is 1. The number of hydrogen-bond donors (Lipinski definition) is 2. The Morgan fingerprint density at radius 2 is 2.33 bits per heavy atom. The lowest BCUT2D eigenvalue weighted by molar-refractivity contribution is 0.416. The summed E-state index contributed by atoms with van der Waals surface area (Å²) < 4.78 is 5.08. The van der Waals surface area contributed by atoms with Crippen molar-refractivity contribution < 1.29 is 4.74 Å². The first kappa shape index (κ1) is 9.16. The summed E-state index contributed by atoms with van der Waals surface area (Å²) >= 11 is 5.69. The van der Waals surface area contributed by atoms with Crippen molar-refractivity contribution in [1.82, 2.24) is 0 Å². The van der Waals surface area contributed by atoms with E-state index in [2.05, 4.69) is 5.43 Å². The van der Waals surface area contributed by atoms with Crippen LogP contribution < -0.4 is 16.0 Å². The predicted octanol–water partition coefficient (Wildman–Crippen LogP) is 1.72. The standard InChI is InChI=1S/C8H11ClN2O/c1-12-7-4-2-3-6(5-9)8(7)11-10/h2-4,11H,5,10H2,1H3. The molecule has 0 aliphatic carbocycles. The monoisotopic (exact) mass is 186 g/mol. The number of nitrogen functional groups attached to an aromatic ring is 1. The second kappa shape index (κ2) is 4.18. The maximum atomic E-state index is 5.69. The Bertz CT molecular complexity index is 243. The highest BCUT2D eigenvalue weighted by molar-refractivity contribution is 6.17. The van der Waals surface area contributed by atoms with Gasteiger partial charge in [0.05, 0.1) is 12.8 Å². The van der Waals surface area contributed by atoms with Gasteiger partial charge in [0, 0.05) is 5.88 Å². The lowest BCUT2D eigenvalue weighted by Gasteiger charge is -2.10. The van der Waals surface area contributed by atoms with Crippen molar-refractivity contribution in [3.05, 3.63) is 23.8 Å². The van der Waals surface area contributed by atoms with Crippen LogP contribution in [0.4, 0.5) is 5.69 Å². The van der Waals surface area contributed by atoms with Crippen molar-refractivity contribution in [3.63, 3.8) is 0 Å². The molecule has 66 valence electrons. The zero-order chi connectivity index (χ0) is 8.97. The first-order chi connectivity index (χ1) is 5.83. The number of para-hydroxylation sites is 1. The molecule has 4 heteroatoms. The van der Waals surface area contributed by atoms with Crippen molar-refractivity contribution in [1.29, 1.82) is 0 Å². The van der Waals surface area contributed by atoms with Crippen LogP contribution in [0.5, 0.6) is 5.75 Å². The molecule has 1 aromatic rings. The first-order valence-corrected chi connectivity index (χ1v) is 4.05. The molecule has 3 nitrogen and oxygen atoms in total. The van der Waals surface area contributed by atoms with Gasteiger partial charge in [-0.3, -0.25) is 5.84 Å². The summed E-state index contributed by atoms with van der Waals surface area (Å²) in [6.07, 6.45) is 0. The minimum Gasteiger partial charge on any atom is -0.495 e. The normalized spacial score (nSPS) is 9.58. The number of benzene rings is 1. The van der Waals surface area contributed by atoms with E-state index in [1.54, 1.807) is 7.11 Å². The van der Waals surface area contributed by atoms with E-state index in [4.69, 9.17) is 22.2 Å². The SMILES string of the molecule is COc1cccc(CCl)c1NN. The highest BCUT2D eigenvalue weighted by Crippen LogP contribution is 2.28. The topological polar surface area (TPSA) is 47.3 Å². The predicted molar refractivity (Wildman–Crippen MR) is 50.4 cm³/mol. The summed E-state index contributed by atoms with van der Waals surface area (Å²) in [5, 5.41) is 0. The van der Waals surface area contributed by atoms with Crippen LogP contribution in [0.3, 0.4) is 0 Å².